The van der Waals surface area contributed by atoms with Crippen molar-refractivity contribution < 1.29 is 14.4 Å². The van der Waals surface area contributed by atoms with Crippen molar-refractivity contribution in [2.24, 2.45) is 0 Å². The molecule has 0 spiro atoms. The first kappa shape index (κ1) is 21.9. The second-order valence-electron chi connectivity index (χ2n) is 8.40. The van der Waals surface area contributed by atoms with Crippen LogP contribution in [0.3, 0.4) is 0 Å². The van der Waals surface area contributed by atoms with Crippen LogP contribution in [0.1, 0.15) is 68.8 Å². The number of likely N-dealkylation sites (tertiary alicyclic amines) is 1. The zero-order valence-corrected chi connectivity index (χ0v) is 17.3. The van der Waals surface area contributed by atoms with Crippen molar-refractivity contribution in [3.05, 3.63) is 35.4 Å². The first-order chi connectivity index (χ1) is 13.3. The first-order valence-corrected chi connectivity index (χ1v) is 10.2. The molecule has 0 aliphatic carbocycles. The van der Waals surface area contributed by atoms with Crippen molar-refractivity contribution in [1.82, 2.24) is 15.5 Å². The van der Waals surface area contributed by atoms with Gasteiger partial charge in [0.15, 0.2) is 0 Å². The van der Waals surface area contributed by atoms with E-state index in [9.17, 15) is 14.4 Å². The minimum absolute atomic E-state index is 0.0346. The lowest BCUT2D eigenvalue weighted by atomic mass is 9.87. The fourth-order valence-corrected chi connectivity index (χ4v) is 3.22. The molecule has 28 heavy (non-hydrogen) atoms. The second-order valence-corrected chi connectivity index (χ2v) is 8.40. The third-order valence-electron chi connectivity index (χ3n) is 5.02. The van der Waals surface area contributed by atoms with Crippen LogP contribution in [0.5, 0.6) is 0 Å². The molecule has 1 heterocycles. The smallest absolute Gasteiger partial charge is 0.251 e. The molecule has 1 saturated heterocycles. The summed E-state index contributed by atoms with van der Waals surface area (Å²) in [5, 5.41) is 5.44. The molecule has 0 atom stereocenters. The van der Waals surface area contributed by atoms with E-state index in [1.165, 1.54) is 0 Å². The molecule has 0 aromatic heterocycles. The van der Waals surface area contributed by atoms with E-state index < -0.39 is 0 Å². The van der Waals surface area contributed by atoms with Crippen LogP contribution in [-0.2, 0) is 15.0 Å². The van der Waals surface area contributed by atoms with Crippen LogP contribution in [0.25, 0.3) is 0 Å². The molecule has 3 amide bonds. The van der Waals surface area contributed by atoms with Gasteiger partial charge in [-0.2, -0.15) is 0 Å². The molecular formula is C22H33N3O3. The third kappa shape index (κ3) is 6.98. The molecule has 0 radical (unpaired) electrons. The monoisotopic (exact) mass is 387 g/mol. The number of carbonyl (C=O) groups is 3. The minimum atomic E-state index is -0.259. The van der Waals surface area contributed by atoms with E-state index in [2.05, 4.69) is 31.4 Å². The van der Waals surface area contributed by atoms with E-state index in [4.69, 9.17) is 0 Å². The highest BCUT2D eigenvalue weighted by atomic mass is 16.2. The molecule has 0 saturated carbocycles. The normalized spacial score (nSPS) is 15.1. The van der Waals surface area contributed by atoms with E-state index in [0.717, 1.165) is 37.8 Å². The van der Waals surface area contributed by atoms with Crippen LogP contribution >= 0.6 is 0 Å². The maximum absolute atomic E-state index is 12.2. The molecule has 154 valence electrons. The standard InChI is InChI=1S/C22H33N3O3/c1-22(2,3)18-11-9-17(10-12-18)21(28)24-16-19(26)23-13-7-15-25-14-6-4-5-8-20(25)27/h9-12H,4-8,13-16H2,1-3H3,(H,23,26)(H,24,28). The van der Waals surface area contributed by atoms with Crippen LogP contribution in [0.15, 0.2) is 24.3 Å². The molecule has 1 aliphatic heterocycles. The van der Waals surface area contributed by atoms with Gasteiger partial charge in [-0.05, 0) is 42.4 Å². The van der Waals surface area contributed by atoms with Crippen LogP contribution in [-0.4, -0.2) is 48.8 Å². The summed E-state index contributed by atoms with van der Waals surface area (Å²) < 4.78 is 0. The SMILES string of the molecule is CC(C)(C)c1ccc(C(=O)NCC(=O)NCCCN2CCCCCC2=O)cc1. The Kier molecular flexibility index (Phi) is 8.03. The van der Waals surface area contributed by atoms with Gasteiger partial charge < -0.3 is 15.5 Å². The Morgan fingerprint density at radius 1 is 1.04 bits per heavy atom. The van der Waals surface area contributed by atoms with Crippen LogP contribution in [0, 0.1) is 0 Å². The zero-order chi connectivity index (χ0) is 20.6. The van der Waals surface area contributed by atoms with E-state index >= 15 is 0 Å². The average molecular weight is 388 g/mol. The fourth-order valence-electron chi connectivity index (χ4n) is 3.22. The summed E-state index contributed by atoms with van der Waals surface area (Å²) >= 11 is 0. The summed E-state index contributed by atoms with van der Waals surface area (Å²) in [6.07, 6.45) is 4.50. The number of amides is 3. The Hall–Kier alpha value is -2.37. The van der Waals surface area contributed by atoms with E-state index in [1.807, 2.05) is 17.0 Å². The Morgan fingerprint density at radius 3 is 2.43 bits per heavy atom. The number of nitrogens with zero attached hydrogens (tertiary/aromatic N) is 1. The topological polar surface area (TPSA) is 78.5 Å². The summed E-state index contributed by atoms with van der Waals surface area (Å²) in [4.78, 5) is 37.9. The molecule has 6 nitrogen and oxygen atoms in total. The van der Waals surface area contributed by atoms with Crippen molar-refractivity contribution in [2.75, 3.05) is 26.2 Å². The molecule has 2 rings (SSSR count). The number of benzene rings is 1. The van der Waals surface area contributed by atoms with Crippen molar-refractivity contribution >= 4 is 17.7 Å². The molecule has 0 bridgehead atoms. The van der Waals surface area contributed by atoms with Crippen molar-refractivity contribution in [3.63, 3.8) is 0 Å². The van der Waals surface area contributed by atoms with E-state index in [-0.39, 0.29) is 29.7 Å². The molecule has 1 fully saturated rings. The van der Waals surface area contributed by atoms with Gasteiger partial charge in [0.1, 0.15) is 0 Å². The predicted octanol–water partition coefficient (Wildman–Crippen LogP) is 2.62. The van der Waals surface area contributed by atoms with E-state index in [1.54, 1.807) is 12.1 Å². The quantitative estimate of drug-likeness (QED) is 0.706. The minimum Gasteiger partial charge on any atom is -0.355 e. The van der Waals surface area contributed by atoms with Crippen molar-refractivity contribution in [1.29, 1.82) is 0 Å². The third-order valence-corrected chi connectivity index (χ3v) is 5.02. The molecule has 6 heteroatoms. The molecule has 0 unspecified atom stereocenters. The zero-order valence-electron chi connectivity index (χ0n) is 17.3. The Bertz CT molecular complexity index is 677. The number of hydrogen-bond donors (Lipinski definition) is 2. The number of nitrogens with one attached hydrogen (secondary N) is 2. The average Bonchev–Trinajstić information content (AvgIpc) is 2.87. The van der Waals surface area contributed by atoms with E-state index in [0.29, 0.717) is 25.1 Å². The van der Waals surface area contributed by atoms with Gasteiger partial charge >= 0.3 is 0 Å². The molecular weight excluding hydrogens is 354 g/mol. The van der Waals surface area contributed by atoms with Gasteiger partial charge in [-0.25, -0.2) is 0 Å². The Balaban J connectivity index is 1.66. The highest BCUT2D eigenvalue weighted by Crippen LogP contribution is 2.22. The summed E-state index contributed by atoms with van der Waals surface area (Å²) in [5.74, 6) is -0.263. The van der Waals surface area contributed by atoms with Gasteiger partial charge in [-0.1, -0.05) is 39.3 Å². The van der Waals surface area contributed by atoms with Crippen LogP contribution < -0.4 is 10.6 Å². The van der Waals surface area contributed by atoms with Crippen molar-refractivity contribution in [2.45, 2.75) is 58.3 Å². The number of hydrogen-bond acceptors (Lipinski definition) is 3. The Morgan fingerprint density at radius 2 is 1.75 bits per heavy atom. The maximum Gasteiger partial charge on any atom is 0.251 e. The van der Waals surface area contributed by atoms with Crippen LogP contribution in [0.2, 0.25) is 0 Å². The van der Waals surface area contributed by atoms with Gasteiger partial charge in [0, 0.05) is 31.6 Å². The molecule has 1 aromatic rings. The van der Waals surface area contributed by atoms with Crippen molar-refractivity contribution in [3.8, 4) is 0 Å². The molecule has 1 aromatic carbocycles. The largest absolute Gasteiger partial charge is 0.355 e. The summed E-state index contributed by atoms with van der Waals surface area (Å²) in [6.45, 7) is 8.29. The molecule has 2 N–H and O–H groups in total. The number of carbonyl (C=O) groups excluding carboxylic acids is 3. The maximum atomic E-state index is 12.2. The lowest BCUT2D eigenvalue weighted by molar-refractivity contribution is -0.130. The van der Waals surface area contributed by atoms with Gasteiger partial charge in [0.25, 0.3) is 5.91 Å². The lowest BCUT2D eigenvalue weighted by Gasteiger charge is -2.20. The molecule has 1 aliphatic rings. The van der Waals surface area contributed by atoms with Gasteiger partial charge in [-0.15, -0.1) is 0 Å². The summed E-state index contributed by atoms with van der Waals surface area (Å²) in [5.41, 5.74) is 1.73. The highest BCUT2D eigenvalue weighted by molar-refractivity contribution is 5.96. The summed E-state index contributed by atoms with van der Waals surface area (Å²) in [7, 11) is 0. The number of rotatable bonds is 7. The van der Waals surface area contributed by atoms with Crippen LogP contribution in [0.4, 0.5) is 0 Å². The second kappa shape index (κ2) is 10.2. The summed E-state index contributed by atoms with van der Waals surface area (Å²) in [6, 6.07) is 7.45. The first-order valence-electron chi connectivity index (χ1n) is 10.2. The highest BCUT2D eigenvalue weighted by Gasteiger charge is 2.16. The van der Waals surface area contributed by atoms with Gasteiger partial charge in [0.05, 0.1) is 6.54 Å². The van der Waals surface area contributed by atoms with Gasteiger partial charge in [0.2, 0.25) is 11.8 Å². The lowest BCUT2D eigenvalue weighted by Crippen LogP contribution is -2.38. The fraction of sp³-hybridized carbons (Fsp3) is 0.591. The Labute approximate surface area is 168 Å². The predicted molar refractivity (Wildman–Crippen MR) is 110 cm³/mol. The van der Waals surface area contributed by atoms with Gasteiger partial charge in [-0.3, -0.25) is 14.4 Å².